The van der Waals surface area contributed by atoms with Gasteiger partial charge in [0.05, 0.1) is 36.0 Å². The number of aromatic nitrogens is 3. The highest BCUT2D eigenvalue weighted by Crippen LogP contribution is 2.44. The Hall–Kier alpha value is -4.33. The number of ether oxygens (including phenoxy) is 1. The van der Waals surface area contributed by atoms with E-state index in [4.69, 9.17) is 9.15 Å². The number of fused-ring (bicyclic) bond motifs is 5. The van der Waals surface area contributed by atoms with Gasteiger partial charge in [-0.1, -0.05) is 12.1 Å². The van der Waals surface area contributed by atoms with Crippen LogP contribution in [-0.4, -0.2) is 22.3 Å². The van der Waals surface area contributed by atoms with Crippen molar-refractivity contribution in [2.45, 2.75) is 5.92 Å². The summed E-state index contributed by atoms with van der Waals surface area (Å²) < 4.78 is 10.9. The minimum Gasteiger partial charge on any atom is -0.497 e. The summed E-state index contributed by atoms with van der Waals surface area (Å²) in [6.45, 7) is 0. The molecule has 1 aliphatic heterocycles. The molecule has 8 nitrogen and oxygen atoms in total. The molecule has 2 aromatic carbocycles. The van der Waals surface area contributed by atoms with Crippen LogP contribution in [0.15, 0.2) is 68.7 Å². The molecule has 1 aliphatic rings. The summed E-state index contributed by atoms with van der Waals surface area (Å²) in [7, 11) is 1.57. The number of rotatable bonds is 2. The predicted molar refractivity (Wildman–Crippen MR) is 116 cm³/mol. The second kappa shape index (κ2) is 6.33. The molecule has 5 aromatic rings. The molecule has 0 bridgehead atoms. The number of H-pyrrole nitrogens is 2. The van der Waals surface area contributed by atoms with Crippen LogP contribution in [0, 0.1) is 0 Å². The first-order valence-electron chi connectivity index (χ1n) is 9.71. The third kappa shape index (κ3) is 2.51. The molecule has 0 amide bonds. The number of hydrogen-bond donors (Lipinski definition) is 3. The molecular weight excluding hydrogens is 396 g/mol. The quantitative estimate of drug-likeness (QED) is 0.375. The van der Waals surface area contributed by atoms with Gasteiger partial charge in [0, 0.05) is 22.6 Å². The van der Waals surface area contributed by atoms with E-state index in [1.807, 2.05) is 30.3 Å². The van der Waals surface area contributed by atoms with E-state index in [0.29, 0.717) is 45.0 Å². The van der Waals surface area contributed by atoms with Crippen molar-refractivity contribution in [3.05, 3.63) is 92.2 Å². The van der Waals surface area contributed by atoms with Crippen molar-refractivity contribution < 1.29 is 9.15 Å². The molecule has 0 aliphatic carbocycles. The molecule has 0 radical (unpaired) electrons. The van der Waals surface area contributed by atoms with Crippen LogP contribution < -0.4 is 21.2 Å². The Bertz CT molecular complexity index is 1610. The zero-order chi connectivity index (χ0) is 21.1. The van der Waals surface area contributed by atoms with Crippen molar-refractivity contribution in [1.82, 2.24) is 15.2 Å². The minimum absolute atomic E-state index is 0.293. The van der Waals surface area contributed by atoms with Crippen LogP contribution in [0.4, 0.5) is 11.5 Å². The van der Waals surface area contributed by atoms with Crippen LogP contribution >= 0.6 is 0 Å². The highest BCUT2D eigenvalue weighted by Gasteiger charge is 2.35. The fraction of sp³-hybridized carbons (Fsp3) is 0.0870. The molecule has 4 heterocycles. The second-order valence-electron chi connectivity index (χ2n) is 7.44. The molecule has 0 unspecified atom stereocenters. The molecule has 152 valence electrons. The lowest BCUT2D eigenvalue weighted by atomic mass is 9.83. The van der Waals surface area contributed by atoms with Crippen molar-refractivity contribution in [3.63, 3.8) is 0 Å². The standard InChI is InChI=1S/C23H16N4O4/c1-30-12-7-6-11-8-14(22(28)25-16(11)9-12)18-15-10-24-27-21(15)26-20-13-4-2-3-5-17(13)31-23(29)19(18)20/h2-10,18H,1H3,(H,25,28)(H2,24,26,27)/t18-/m0/s1. The van der Waals surface area contributed by atoms with E-state index in [9.17, 15) is 9.59 Å². The summed E-state index contributed by atoms with van der Waals surface area (Å²) in [5.74, 6) is 0.649. The third-order valence-corrected chi connectivity index (χ3v) is 5.76. The van der Waals surface area contributed by atoms with Crippen molar-refractivity contribution in [1.29, 1.82) is 0 Å². The molecule has 3 N–H and O–H groups in total. The monoisotopic (exact) mass is 412 g/mol. The lowest BCUT2D eigenvalue weighted by Crippen LogP contribution is -2.26. The smallest absolute Gasteiger partial charge is 0.342 e. The van der Waals surface area contributed by atoms with E-state index in [1.165, 1.54) is 0 Å². The van der Waals surface area contributed by atoms with Gasteiger partial charge in [-0.15, -0.1) is 0 Å². The third-order valence-electron chi connectivity index (χ3n) is 5.76. The second-order valence-corrected chi connectivity index (χ2v) is 7.44. The van der Waals surface area contributed by atoms with E-state index in [1.54, 1.807) is 31.5 Å². The average Bonchev–Trinajstić information content (AvgIpc) is 3.25. The van der Waals surface area contributed by atoms with E-state index < -0.39 is 11.5 Å². The number of para-hydroxylation sites is 1. The number of methoxy groups -OCH3 is 1. The van der Waals surface area contributed by atoms with Crippen molar-refractivity contribution in [2.75, 3.05) is 12.4 Å². The summed E-state index contributed by atoms with van der Waals surface area (Å²) in [6, 6.07) is 14.6. The summed E-state index contributed by atoms with van der Waals surface area (Å²) in [6.07, 6.45) is 1.63. The number of hydrogen-bond acceptors (Lipinski definition) is 6. The van der Waals surface area contributed by atoms with Crippen LogP contribution in [0.2, 0.25) is 0 Å². The predicted octanol–water partition coefficient (Wildman–Crippen LogP) is 3.60. The maximum absolute atomic E-state index is 13.2. The molecule has 6 rings (SSSR count). The Morgan fingerprint density at radius 3 is 2.81 bits per heavy atom. The van der Waals surface area contributed by atoms with E-state index in [-0.39, 0.29) is 5.56 Å². The first-order chi connectivity index (χ1) is 15.1. The van der Waals surface area contributed by atoms with Crippen LogP contribution in [0.5, 0.6) is 5.75 Å². The van der Waals surface area contributed by atoms with Gasteiger partial charge < -0.3 is 19.5 Å². The fourth-order valence-electron chi connectivity index (χ4n) is 4.32. The Balaban J connectivity index is 1.68. The van der Waals surface area contributed by atoms with Crippen LogP contribution in [-0.2, 0) is 0 Å². The van der Waals surface area contributed by atoms with Gasteiger partial charge in [-0.3, -0.25) is 9.89 Å². The zero-order valence-electron chi connectivity index (χ0n) is 16.4. The van der Waals surface area contributed by atoms with Crippen molar-refractivity contribution >= 4 is 33.4 Å². The molecule has 0 saturated heterocycles. The number of anilines is 2. The largest absolute Gasteiger partial charge is 0.497 e. The average molecular weight is 412 g/mol. The molecule has 31 heavy (non-hydrogen) atoms. The normalized spacial score (nSPS) is 14.8. The molecule has 1 atom stereocenters. The van der Waals surface area contributed by atoms with Gasteiger partial charge in [-0.2, -0.15) is 5.10 Å². The summed E-state index contributed by atoms with van der Waals surface area (Å²) in [5, 5.41) is 11.9. The zero-order valence-corrected chi connectivity index (χ0v) is 16.4. The Morgan fingerprint density at radius 2 is 1.94 bits per heavy atom. The van der Waals surface area contributed by atoms with Gasteiger partial charge in [-0.05, 0) is 35.7 Å². The van der Waals surface area contributed by atoms with E-state index in [2.05, 4.69) is 20.5 Å². The Morgan fingerprint density at radius 1 is 1.06 bits per heavy atom. The topological polar surface area (TPSA) is 113 Å². The molecule has 0 spiro atoms. The SMILES string of the molecule is COc1ccc2cc([C@H]3c4cn[nH]c4Nc4c3c(=O)oc3ccccc43)c(=O)[nH]c2c1. The van der Waals surface area contributed by atoms with Gasteiger partial charge >= 0.3 is 5.63 Å². The van der Waals surface area contributed by atoms with Gasteiger partial charge in [0.1, 0.15) is 17.2 Å². The highest BCUT2D eigenvalue weighted by atomic mass is 16.5. The maximum Gasteiger partial charge on any atom is 0.342 e. The minimum atomic E-state index is -0.638. The number of nitrogens with one attached hydrogen (secondary N) is 3. The Labute approximate surface area is 174 Å². The van der Waals surface area contributed by atoms with Crippen LogP contribution in [0.3, 0.4) is 0 Å². The molecule has 0 fully saturated rings. The van der Waals surface area contributed by atoms with Crippen molar-refractivity contribution in [2.24, 2.45) is 0 Å². The molecule has 8 heteroatoms. The van der Waals surface area contributed by atoms with E-state index in [0.717, 1.165) is 10.8 Å². The fourth-order valence-corrected chi connectivity index (χ4v) is 4.32. The van der Waals surface area contributed by atoms with E-state index >= 15 is 0 Å². The number of nitrogens with zero attached hydrogens (tertiary/aromatic N) is 1. The van der Waals surface area contributed by atoms with Gasteiger partial charge in [0.15, 0.2) is 0 Å². The van der Waals surface area contributed by atoms with Gasteiger partial charge in [0.25, 0.3) is 5.56 Å². The number of benzene rings is 2. The van der Waals surface area contributed by atoms with Crippen molar-refractivity contribution in [3.8, 4) is 5.75 Å². The molecular formula is C23H16N4O4. The van der Waals surface area contributed by atoms with Gasteiger partial charge in [0.2, 0.25) is 0 Å². The number of aromatic amines is 2. The van der Waals surface area contributed by atoms with Gasteiger partial charge in [-0.25, -0.2) is 4.79 Å². The maximum atomic E-state index is 13.2. The molecule has 3 aromatic heterocycles. The molecule has 0 saturated carbocycles. The summed E-state index contributed by atoms with van der Waals surface area (Å²) >= 11 is 0. The first-order valence-corrected chi connectivity index (χ1v) is 9.71. The lowest BCUT2D eigenvalue weighted by Gasteiger charge is -2.26. The van der Waals surface area contributed by atoms with Crippen LogP contribution in [0.25, 0.3) is 21.9 Å². The Kier molecular flexibility index (Phi) is 3.58. The first kappa shape index (κ1) is 17.5. The van der Waals surface area contributed by atoms with Crippen LogP contribution in [0.1, 0.15) is 22.6 Å². The summed E-state index contributed by atoms with van der Waals surface area (Å²) in [4.78, 5) is 29.2. The summed E-state index contributed by atoms with van der Waals surface area (Å²) in [5.41, 5.74) is 2.47. The highest BCUT2D eigenvalue weighted by molar-refractivity contribution is 5.95. The lowest BCUT2D eigenvalue weighted by molar-refractivity contribution is 0.415. The number of pyridine rings is 1.